The Morgan fingerprint density at radius 1 is 1.32 bits per heavy atom. The Balaban J connectivity index is 1.75. The van der Waals surface area contributed by atoms with Crippen LogP contribution in [-0.2, 0) is 13.0 Å². The zero-order valence-corrected chi connectivity index (χ0v) is 15.7. The molecule has 0 radical (unpaired) electrons. The van der Waals surface area contributed by atoms with Crippen molar-refractivity contribution in [3.05, 3.63) is 58.7 Å². The van der Waals surface area contributed by atoms with Gasteiger partial charge in [-0.15, -0.1) is 0 Å². The Kier molecular flexibility index (Phi) is 5.57. The molecule has 1 amide bonds. The number of nitrogens with one attached hydrogen (secondary N) is 1. The van der Waals surface area contributed by atoms with Crippen LogP contribution in [0.1, 0.15) is 31.8 Å². The van der Waals surface area contributed by atoms with E-state index in [1.54, 1.807) is 30.3 Å². The van der Waals surface area contributed by atoms with Crippen molar-refractivity contribution in [2.24, 2.45) is 0 Å². The summed E-state index contributed by atoms with van der Waals surface area (Å²) in [4.78, 5) is 25.9. The minimum atomic E-state index is -1.36. The number of fused-ring (bicyclic) bond motifs is 1. The summed E-state index contributed by atoms with van der Waals surface area (Å²) in [6.45, 7) is 0.658. The molecule has 0 bridgehead atoms. The summed E-state index contributed by atoms with van der Waals surface area (Å²) in [5, 5.41) is 22.2. The predicted molar refractivity (Wildman–Crippen MR) is 105 cm³/mol. The van der Waals surface area contributed by atoms with E-state index in [1.807, 2.05) is 19.0 Å². The number of carbonyl (C=O) groups excluding carboxylic acids is 1. The van der Waals surface area contributed by atoms with Gasteiger partial charge in [-0.05, 0) is 49.8 Å². The number of hydrogen-bond donors (Lipinski definition) is 4. The molecule has 1 atom stereocenters. The molecule has 146 valence electrons. The average Bonchev–Trinajstić information content (AvgIpc) is 2.63. The molecule has 8 nitrogen and oxygen atoms in total. The summed E-state index contributed by atoms with van der Waals surface area (Å²) >= 11 is 0. The highest BCUT2D eigenvalue weighted by Crippen LogP contribution is 2.30. The third kappa shape index (κ3) is 4.10. The van der Waals surface area contributed by atoms with Crippen molar-refractivity contribution in [3.8, 4) is 5.75 Å². The maximum Gasteiger partial charge on any atom is 0.547 e. The maximum atomic E-state index is 12.6. The number of amides is 1. The number of para-hydroxylation sites is 1. The van der Waals surface area contributed by atoms with Gasteiger partial charge in [-0.2, -0.15) is 0 Å². The van der Waals surface area contributed by atoms with E-state index >= 15 is 0 Å². The first-order valence-corrected chi connectivity index (χ1v) is 8.80. The van der Waals surface area contributed by atoms with Gasteiger partial charge in [0.15, 0.2) is 0 Å². The summed E-state index contributed by atoms with van der Waals surface area (Å²) in [6.07, 6.45) is 0.248. The molecule has 2 aromatic rings. The van der Waals surface area contributed by atoms with Crippen LogP contribution in [0.25, 0.3) is 0 Å². The van der Waals surface area contributed by atoms with Crippen LogP contribution in [-0.4, -0.2) is 54.1 Å². The Bertz CT molecular complexity index is 918. The lowest BCUT2D eigenvalue weighted by atomic mass is 9.72. The first kappa shape index (κ1) is 19.7. The van der Waals surface area contributed by atoms with Gasteiger partial charge in [0.2, 0.25) is 0 Å². The SMILES string of the molecule is CN(C)Cc1ccc(C(=O)N[C@H]2Cc3cccc(C(=O)O)c3OB2O)cc1N. The highest BCUT2D eigenvalue weighted by molar-refractivity contribution is 6.47. The third-order valence-electron chi connectivity index (χ3n) is 4.56. The molecule has 28 heavy (non-hydrogen) atoms. The lowest BCUT2D eigenvalue weighted by molar-refractivity contribution is 0.0693. The van der Waals surface area contributed by atoms with Gasteiger partial charge in [0.1, 0.15) is 5.75 Å². The number of carbonyl (C=O) groups is 2. The van der Waals surface area contributed by atoms with Gasteiger partial charge in [0.05, 0.1) is 11.5 Å². The van der Waals surface area contributed by atoms with Crippen molar-refractivity contribution in [2.45, 2.75) is 18.9 Å². The van der Waals surface area contributed by atoms with Crippen molar-refractivity contribution in [2.75, 3.05) is 19.8 Å². The van der Waals surface area contributed by atoms with E-state index < -0.39 is 24.9 Å². The summed E-state index contributed by atoms with van der Waals surface area (Å²) < 4.78 is 5.39. The van der Waals surface area contributed by atoms with Crippen molar-refractivity contribution < 1.29 is 24.4 Å². The van der Waals surface area contributed by atoms with E-state index in [9.17, 15) is 19.7 Å². The van der Waals surface area contributed by atoms with Crippen LogP contribution >= 0.6 is 0 Å². The van der Waals surface area contributed by atoms with Crippen molar-refractivity contribution >= 4 is 24.7 Å². The van der Waals surface area contributed by atoms with E-state index in [0.29, 0.717) is 23.4 Å². The molecule has 0 aliphatic carbocycles. The number of nitrogen functional groups attached to an aromatic ring is 1. The fraction of sp³-hybridized carbons (Fsp3) is 0.263. The maximum absolute atomic E-state index is 12.6. The standard InChI is InChI=1S/C19H22BN3O5/c1-23(2)10-13-7-6-12(8-15(13)21)18(24)22-16-9-11-4-3-5-14(19(25)26)17(11)28-20(16)27/h3-8,16,27H,9-10,21H2,1-2H3,(H,22,24)(H,25,26)/t16-/m0/s1. The van der Waals surface area contributed by atoms with Gasteiger partial charge in [0, 0.05) is 17.8 Å². The first-order valence-electron chi connectivity index (χ1n) is 8.80. The lowest BCUT2D eigenvalue weighted by Crippen LogP contribution is -2.53. The Labute approximate surface area is 163 Å². The molecule has 0 spiro atoms. The minimum Gasteiger partial charge on any atom is -0.534 e. The van der Waals surface area contributed by atoms with Gasteiger partial charge >= 0.3 is 13.1 Å². The smallest absolute Gasteiger partial charge is 0.534 e. The molecule has 2 aromatic carbocycles. The number of aromatic carboxylic acids is 1. The van der Waals surface area contributed by atoms with Gasteiger partial charge in [-0.3, -0.25) is 4.79 Å². The summed E-state index contributed by atoms with van der Waals surface area (Å²) in [7, 11) is 2.50. The molecule has 1 aliphatic heterocycles. The monoisotopic (exact) mass is 383 g/mol. The molecule has 0 saturated heterocycles. The summed E-state index contributed by atoms with van der Waals surface area (Å²) in [6, 6.07) is 9.79. The molecule has 0 saturated carbocycles. The van der Waals surface area contributed by atoms with Crippen molar-refractivity contribution in [3.63, 3.8) is 0 Å². The molecule has 5 N–H and O–H groups in total. The minimum absolute atomic E-state index is 0.0226. The number of carboxylic acids is 1. The highest BCUT2D eigenvalue weighted by Gasteiger charge is 2.37. The third-order valence-corrected chi connectivity index (χ3v) is 4.56. The molecule has 1 aliphatic rings. The Morgan fingerprint density at radius 2 is 2.07 bits per heavy atom. The predicted octanol–water partition coefficient (Wildman–Crippen LogP) is 0.782. The average molecular weight is 383 g/mol. The molecule has 0 fully saturated rings. The van der Waals surface area contributed by atoms with Gasteiger partial charge in [0.25, 0.3) is 5.91 Å². The second kappa shape index (κ2) is 7.91. The van der Waals surface area contributed by atoms with E-state index in [2.05, 4.69) is 5.32 Å². The number of carboxylic acid groups (broad SMARTS) is 1. The van der Waals surface area contributed by atoms with Gasteiger partial charge in [-0.25, -0.2) is 4.79 Å². The molecule has 1 heterocycles. The lowest BCUT2D eigenvalue weighted by Gasteiger charge is -2.29. The van der Waals surface area contributed by atoms with E-state index in [4.69, 9.17) is 10.4 Å². The number of hydrogen-bond acceptors (Lipinski definition) is 6. The zero-order valence-electron chi connectivity index (χ0n) is 15.7. The topological polar surface area (TPSA) is 125 Å². The van der Waals surface area contributed by atoms with Crippen LogP contribution in [0.3, 0.4) is 0 Å². The quantitative estimate of drug-likeness (QED) is 0.444. The van der Waals surface area contributed by atoms with Crippen LogP contribution < -0.4 is 15.7 Å². The second-order valence-corrected chi connectivity index (χ2v) is 7.04. The largest absolute Gasteiger partial charge is 0.547 e. The Hall–Kier alpha value is -3.04. The summed E-state index contributed by atoms with van der Waals surface area (Å²) in [5.41, 5.74) is 8.42. The Morgan fingerprint density at radius 3 is 2.71 bits per heavy atom. The number of benzene rings is 2. The molecule has 9 heteroatoms. The van der Waals surface area contributed by atoms with E-state index in [0.717, 1.165) is 5.56 Å². The highest BCUT2D eigenvalue weighted by atomic mass is 16.5. The first-order chi connectivity index (χ1) is 13.3. The van der Waals surface area contributed by atoms with Crippen LogP contribution in [0.4, 0.5) is 5.69 Å². The molecular weight excluding hydrogens is 361 g/mol. The van der Waals surface area contributed by atoms with E-state index in [1.165, 1.54) is 6.07 Å². The van der Waals surface area contributed by atoms with Crippen molar-refractivity contribution in [1.29, 1.82) is 0 Å². The fourth-order valence-corrected chi connectivity index (χ4v) is 3.19. The summed E-state index contributed by atoms with van der Waals surface area (Å²) in [5.74, 6) is -2.12. The molecule has 0 unspecified atom stereocenters. The van der Waals surface area contributed by atoms with Gasteiger partial charge in [-0.1, -0.05) is 18.2 Å². The number of nitrogens with two attached hydrogens (primary N) is 1. The molecule has 3 rings (SSSR count). The fourth-order valence-electron chi connectivity index (χ4n) is 3.19. The van der Waals surface area contributed by atoms with Gasteiger partial charge < -0.3 is 30.7 Å². The molecular formula is C19H22BN3O5. The second-order valence-electron chi connectivity index (χ2n) is 7.04. The van der Waals surface area contributed by atoms with Crippen LogP contribution in [0.2, 0.25) is 0 Å². The van der Waals surface area contributed by atoms with Crippen LogP contribution in [0.15, 0.2) is 36.4 Å². The number of nitrogens with zero attached hydrogens (tertiary/aromatic N) is 1. The van der Waals surface area contributed by atoms with Crippen LogP contribution in [0.5, 0.6) is 5.75 Å². The molecule has 0 aromatic heterocycles. The van der Waals surface area contributed by atoms with E-state index in [-0.39, 0.29) is 17.7 Å². The normalized spacial score (nSPS) is 15.7. The van der Waals surface area contributed by atoms with Crippen LogP contribution in [0, 0.1) is 0 Å². The number of rotatable bonds is 5. The zero-order chi connectivity index (χ0) is 20.4. The number of anilines is 1. The van der Waals surface area contributed by atoms with Crippen molar-refractivity contribution in [1.82, 2.24) is 10.2 Å².